The Bertz CT molecular complexity index is 616. The molecule has 0 atom stereocenters. The van der Waals surface area contributed by atoms with Gasteiger partial charge in [0, 0.05) is 11.8 Å². The van der Waals surface area contributed by atoms with Crippen LogP contribution in [0.2, 0.25) is 0 Å². The molecule has 0 unspecified atom stereocenters. The first-order valence-electron chi connectivity index (χ1n) is 5.89. The highest BCUT2D eigenvalue weighted by Crippen LogP contribution is 2.48. The molecule has 0 bridgehead atoms. The molecule has 1 N–H and O–H groups in total. The van der Waals surface area contributed by atoms with Crippen LogP contribution in [0.25, 0.3) is 11.1 Å². The van der Waals surface area contributed by atoms with E-state index in [4.69, 9.17) is 4.42 Å². The molecular weight excluding hydrogens is 250 g/mol. The van der Waals surface area contributed by atoms with Crippen molar-refractivity contribution in [3.8, 4) is 0 Å². The van der Waals surface area contributed by atoms with Crippen LogP contribution in [-0.2, 0) is 4.79 Å². The third-order valence-electron chi connectivity index (χ3n) is 3.33. The number of aromatic nitrogens is 1. The molecule has 0 spiro atoms. The lowest BCUT2D eigenvalue weighted by Crippen LogP contribution is -2.41. The molecular formula is C13H13NO3S. The second-order valence-corrected chi connectivity index (χ2v) is 6.07. The smallest absolute Gasteiger partial charge is 0.320 e. The van der Waals surface area contributed by atoms with E-state index in [0.29, 0.717) is 5.89 Å². The summed E-state index contributed by atoms with van der Waals surface area (Å²) < 4.78 is 4.77. The molecule has 4 nitrogen and oxygen atoms in total. The van der Waals surface area contributed by atoms with Crippen LogP contribution >= 0.6 is 11.8 Å². The molecule has 1 aromatic heterocycles. The molecule has 1 aromatic carbocycles. The van der Waals surface area contributed by atoms with Crippen LogP contribution in [0, 0.1) is 6.92 Å². The zero-order chi connectivity index (χ0) is 12.8. The van der Waals surface area contributed by atoms with Crippen LogP contribution in [0.5, 0.6) is 0 Å². The highest BCUT2D eigenvalue weighted by molar-refractivity contribution is 8.01. The van der Waals surface area contributed by atoms with Crippen molar-refractivity contribution in [2.75, 3.05) is 0 Å². The van der Waals surface area contributed by atoms with E-state index in [1.165, 1.54) is 11.8 Å². The summed E-state index contributed by atoms with van der Waals surface area (Å²) in [5, 5.41) is 9.31. The Balaban J connectivity index is 1.92. The van der Waals surface area contributed by atoms with Gasteiger partial charge in [0.05, 0.1) is 0 Å². The highest BCUT2D eigenvalue weighted by Gasteiger charge is 2.45. The van der Waals surface area contributed by atoms with Gasteiger partial charge in [-0.25, -0.2) is 4.98 Å². The van der Waals surface area contributed by atoms with E-state index in [0.717, 1.165) is 35.3 Å². The summed E-state index contributed by atoms with van der Waals surface area (Å²) in [6, 6.07) is 5.66. The number of thioether (sulfide) groups is 1. The number of carboxylic acids is 1. The predicted octanol–water partition coefficient (Wildman–Crippen LogP) is 3.24. The number of aryl methyl sites for hydroxylation is 1. The number of rotatable bonds is 3. The van der Waals surface area contributed by atoms with Crippen LogP contribution < -0.4 is 0 Å². The number of oxazole rings is 1. The van der Waals surface area contributed by atoms with Crippen LogP contribution in [0.1, 0.15) is 25.2 Å². The summed E-state index contributed by atoms with van der Waals surface area (Å²) in [6.07, 6.45) is 2.47. The summed E-state index contributed by atoms with van der Waals surface area (Å²) in [4.78, 5) is 16.5. The standard InChI is InChI=1S/C13H13NO3S/c1-8-14-10-7-9(3-4-11(10)17-8)18-13(12(15)16)5-2-6-13/h3-4,7H,2,5-6H2,1H3,(H,15,16). The number of hydrogen-bond donors (Lipinski definition) is 1. The number of hydrogen-bond acceptors (Lipinski definition) is 4. The van der Waals surface area contributed by atoms with Gasteiger partial charge < -0.3 is 9.52 Å². The first-order chi connectivity index (χ1) is 8.59. The number of nitrogens with zero attached hydrogens (tertiary/aromatic N) is 1. The maximum absolute atomic E-state index is 11.3. The van der Waals surface area contributed by atoms with Gasteiger partial charge in [0.1, 0.15) is 10.3 Å². The Labute approximate surface area is 108 Å². The van der Waals surface area contributed by atoms with Crippen molar-refractivity contribution in [2.45, 2.75) is 35.8 Å². The van der Waals surface area contributed by atoms with E-state index in [1.807, 2.05) is 18.2 Å². The second kappa shape index (κ2) is 4.02. The van der Waals surface area contributed by atoms with Gasteiger partial charge in [-0.2, -0.15) is 0 Å². The summed E-state index contributed by atoms with van der Waals surface area (Å²) in [6.45, 7) is 1.80. The first-order valence-corrected chi connectivity index (χ1v) is 6.70. The number of carbonyl (C=O) groups is 1. The molecule has 0 radical (unpaired) electrons. The minimum atomic E-state index is -0.713. The molecule has 1 aliphatic rings. The van der Waals surface area contributed by atoms with Crippen molar-refractivity contribution in [3.05, 3.63) is 24.1 Å². The summed E-state index contributed by atoms with van der Waals surface area (Å²) in [5.74, 6) is -0.0843. The average Bonchev–Trinajstić information content (AvgIpc) is 2.62. The zero-order valence-corrected chi connectivity index (χ0v) is 10.8. The molecule has 1 aliphatic carbocycles. The van der Waals surface area contributed by atoms with Crippen molar-refractivity contribution in [2.24, 2.45) is 0 Å². The van der Waals surface area contributed by atoms with E-state index in [-0.39, 0.29) is 0 Å². The molecule has 0 saturated heterocycles. The predicted molar refractivity (Wildman–Crippen MR) is 68.8 cm³/mol. The van der Waals surface area contributed by atoms with Crippen LogP contribution in [0.4, 0.5) is 0 Å². The van der Waals surface area contributed by atoms with Crippen molar-refractivity contribution >= 4 is 28.8 Å². The SMILES string of the molecule is Cc1nc2cc(SC3(C(=O)O)CCC3)ccc2o1. The third-order valence-corrected chi connectivity index (χ3v) is 4.79. The number of carboxylic acid groups (broad SMARTS) is 1. The number of aliphatic carboxylic acids is 1. The van der Waals surface area contributed by atoms with Crippen LogP contribution in [0.3, 0.4) is 0 Å². The van der Waals surface area contributed by atoms with Gasteiger partial charge in [-0.3, -0.25) is 4.79 Å². The van der Waals surface area contributed by atoms with Gasteiger partial charge >= 0.3 is 5.97 Å². The Hall–Kier alpha value is -1.49. The zero-order valence-electron chi connectivity index (χ0n) is 9.97. The van der Waals surface area contributed by atoms with E-state index in [1.54, 1.807) is 6.92 Å². The first kappa shape index (κ1) is 11.6. The fraction of sp³-hybridized carbons (Fsp3) is 0.385. The summed E-state index contributed by atoms with van der Waals surface area (Å²) in [7, 11) is 0. The molecule has 18 heavy (non-hydrogen) atoms. The van der Waals surface area contributed by atoms with Crippen molar-refractivity contribution < 1.29 is 14.3 Å². The normalized spacial score (nSPS) is 17.6. The molecule has 5 heteroatoms. The molecule has 94 valence electrons. The summed E-state index contributed by atoms with van der Waals surface area (Å²) in [5.41, 5.74) is 1.53. The van der Waals surface area contributed by atoms with Gasteiger partial charge in [0.25, 0.3) is 0 Å². The van der Waals surface area contributed by atoms with E-state index in [9.17, 15) is 9.90 Å². The Morgan fingerprint density at radius 2 is 2.28 bits per heavy atom. The van der Waals surface area contributed by atoms with Gasteiger partial charge in [-0.15, -0.1) is 11.8 Å². The van der Waals surface area contributed by atoms with Gasteiger partial charge in [-0.1, -0.05) is 0 Å². The highest BCUT2D eigenvalue weighted by atomic mass is 32.2. The van der Waals surface area contributed by atoms with Gasteiger partial charge in [0.2, 0.25) is 0 Å². The maximum Gasteiger partial charge on any atom is 0.320 e. The molecule has 1 fully saturated rings. The number of benzene rings is 1. The minimum absolute atomic E-state index is 0.628. The fourth-order valence-electron chi connectivity index (χ4n) is 2.17. The second-order valence-electron chi connectivity index (χ2n) is 4.62. The lowest BCUT2D eigenvalue weighted by atomic mass is 9.84. The van der Waals surface area contributed by atoms with E-state index in [2.05, 4.69) is 4.98 Å². The number of fused-ring (bicyclic) bond motifs is 1. The largest absolute Gasteiger partial charge is 0.480 e. The van der Waals surface area contributed by atoms with Gasteiger partial charge in [-0.05, 0) is 37.5 Å². The van der Waals surface area contributed by atoms with Gasteiger partial charge in [0.15, 0.2) is 11.5 Å². The molecule has 2 aromatic rings. The van der Waals surface area contributed by atoms with E-state index >= 15 is 0 Å². The Kier molecular flexibility index (Phi) is 2.59. The lowest BCUT2D eigenvalue weighted by molar-refractivity contribution is -0.142. The van der Waals surface area contributed by atoms with Crippen molar-refractivity contribution in [3.63, 3.8) is 0 Å². The van der Waals surface area contributed by atoms with Crippen molar-refractivity contribution in [1.29, 1.82) is 0 Å². The summed E-state index contributed by atoms with van der Waals surface area (Å²) >= 11 is 1.43. The monoisotopic (exact) mass is 263 g/mol. The van der Waals surface area contributed by atoms with Crippen LogP contribution in [0.15, 0.2) is 27.5 Å². The van der Waals surface area contributed by atoms with Crippen LogP contribution in [-0.4, -0.2) is 20.8 Å². The van der Waals surface area contributed by atoms with Crippen molar-refractivity contribution in [1.82, 2.24) is 4.98 Å². The molecule has 1 heterocycles. The topological polar surface area (TPSA) is 63.3 Å². The molecule has 0 amide bonds. The quantitative estimate of drug-likeness (QED) is 0.921. The molecule has 1 saturated carbocycles. The molecule has 3 rings (SSSR count). The Morgan fingerprint density at radius 1 is 1.50 bits per heavy atom. The maximum atomic E-state index is 11.3. The third kappa shape index (κ3) is 1.79. The Morgan fingerprint density at radius 3 is 2.89 bits per heavy atom. The average molecular weight is 263 g/mol. The minimum Gasteiger partial charge on any atom is -0.480 e. The molecule has 0 aliphatic heterocycles. The fourth-order valence-corrected chi connectivity index (χ4v) is 3.51. The van der Waals surface area contributed by atoms with E-state index < -0.39 is 10.7 Å². The lowest BCUT2D eigenvalue weighted by Gasteiger charge is -2.36.